The molecule has 148 valence electrons. The second kappa shape index (κ2) is 7.66. The highest BCUT2D eigenvalue weighted by atomic mass is 32.2. The first-order chi connectivity index (χ1) is 13.2. The molecular formula is C17H17F3N6OS. The minimum Gasteiger partial charge on any atom is -0.469 e. The zero-order valence-corrected chi connectivity index (χ0v) is 16.2. The number of hydrogen-bond acceptors (Lipinski definition) is 7. The zero-order chi connectivity index (χ0) is 20.5. The van der Waals surface area contributed by atoms with Gasteiger partial charge in [0.2, 0.25) is 0 Å². The summed E-state index contributed by atoms with van der Waals surface area (Å²) in [5, 5.41) is 8.53. The summed E-state index contributed by atoms with van der Waals surface area (Å²) < 4.78 is 46.7. The van der Waals surface area contributed by atoms with Gasteiger partial charge in [-0.25, -0.2) is 9.97 Å². The van der Waals surface area contributed by atoms with E-state index >= 15 is 0 Å². The van der Waals surface area contributed by atoms with Crippen molar-refractivity contribution in [2.24, 2.45) is 0 Å². The van der Waals surface area contributed by atoms with Crippen molar-refractivity contribution in [2.75, 3.05) is 19.0 Å². The average Bonchev–Trinajstić information content (AvgIpc) is 3.20. The molecule has 3 rings (SSSR count). The van der Waals surface area contributed by atoms with Gasteiger partial charge in [0, 0.05) is 26.7 Å². The molecule has 0 bridgehead atoms. The van der Waals surface area contributed by atoms with Crippen LogP contribution in [0.1, 0.15) is 11.5 Å². The lowest BCUT2D eigenvalue weighted by Crippen LogP contribution is -2.16. The predicted molar refractivity (Wildman–Crippen MR) is 98.1 cm³/mol. The van der Waals surface area contributed by atoms with Crippen LogP contribution in [0.3, 0.4) is 0 Å². The second-order valence-electron chi connectivity index (χ2n) is 5.98. The minimum atomic E-state index is -4.59. The van der Waals surface area contributed by atoms with Crippen LogP contribution in [0.4, 0.5) is 19.0 Å². The quantitative estimate of drug-likeness (QED) is 0.448. The number of aryl methyl sites for hydroxylation is 1. The number of rotatable bonds is 6. The Morgan fingerprint density at radius 1 is 1.29 bits per heavy atom. The highest BCUT2D eigenvalue weighted by Crippen LogP contribution is 2.34. The maximum atomic E-state index is 13.2. The van der Waals surface area contributed by atoms with Gasteiger partial charge in [-0.15, -0.1) is 16.8 Å². The molecular weight excluding hydrogens is 393 g/mol. The second-order valence-corrected chi connectivity index (χ2v) is 6.92. The van der Waals surface area contributed by atoms with E-state index in [0.29, 0.717) is 23.3 Å². The first kappa shape index (κ1) is 19.9. The molecule has 0 fully saturated rings. The van der Waals surface area contributed by atoms with Crippen molar-refractivity contribution in [3.05, 3.63) is 42.5 Å². The lowest BCUT2D eigenvalue weighted by atomic mass is 10.2. The summed E-state index contributed by atoms with van der Waals surface area (Å²) in [6.07, 6.45) is -1.41. The molecule has 0 amide bonds. The topological polar surface area (TPSA) is 72.9 Å². The Balaban J connectivity index is 2.04. The number of furan rings is 1. The van der Waals surface area contributed by atoms with Crippen molar-refractivity contribution >= 4 is 17.6 Å². The smallest absolute Gasteiger partial charge is 0.433 e. The third kappa shape index (κ3) is 4.03. The van der Waals surface area contributed by atoms with Crippen LogP contribution in [-0.2, 0) is 12.7 Å². The number of aromatic nitrogens is 5. The number of nitrogens with zero attached hydrogens (tertiary/aromatic N) is 6. The molecule has 0 aliphatic heterocycles. The largest absolute Gasteiger partial charge is 0.469 e. The van der Waals surface area contributed by atoms with Gasteiger partial charge in [0.15, 0.2) is 21.8 Å². The van der Waals surface area contributed by atoms with E-state index in [0.717, 1.165) is 23.4 Å². The molecule has 0 spiro atoms. The van der Waals surface area contributed by atoms with Crippen LogP contribution in [0.2, 0.25) is 0 Å². The van der Waals surface area contributed by atoms with Gasteiger partial charge in [-0.2, -0.15) is 13.2 Å². The molecule has 0 saturated carbocycles. The standard InChI is InChI=1S/C17H17F3N6OS/c1-5-7-26-14(11-6-8-27-10(11)2)23-24-16(26)28-15-21-12(17(18,19)20)9-13(22-15)25(3)4/h5-6,8-9H,1,7H2,2-4H3. The molecule has 0 radical (unpaired) electrons. The normalized spacial score (nSPS) is 11.6. The van der Waals surface area contributed by atoms with Gasteiger partial charge in [0.1, 0.15) is 11.6 Å². The highest BCUT2D eigenvalue weighted by molar-refractivity contribution is 7.99. The molecule has 28 heavy (non-hydrogen) atoms. The minimum absolute atomic E-state index is 0.0771. The molecule has 0 aliphatic rings. The Kier molecular flexibility index (Phi) is 5.45. The van der Waals surface area contributed by atoms with Crippen molar-refractivity contribution in [1.29, 1.82) is 0 Å². The van der Waals surface area contributed by atoms with Crippen molar-refractivity contribution in [1.82, 2.24) is 24.7 Å². The molecule has 0 saturated heterocycles. The van der Waals surface area contributed by atoms with Gasteiger partial charge in [0.25, 0.3) is 0 Å². The van der Waals surface area contributed by atoms with E-state index in [-0.39, 0.29) is 11.0 Å². The number of alkyl halides is 3. The summed E-state index contributed by atoms with van der Waals surface area (Å²) in [6.45, 7) is 5.86. The van der Waals surface area contributed by atoms with E-state index in [1.165, 1.54) is 11.2 Å². The molecule has 0 aliphatic carbocycles. The van der Waals surface area contributed by atoms with Crippen LogP contribution < -0.4 is 4.90 Å². The van der Waals surface area contributed by atoms with Gasteiger partial charge in [-0.3, -0.25) is 4.57 Å². The first-order valence-electron chi connectivity index (χ1n) is 8.10. The number of halogens is 3. The molecule has 3 aromatic heterocycles. The van der Waals surface area contributed by atoms with Crippen LogP contribution in [-0.4, -0.2) is 38.8 Å². The van der Waals surface area contributed by atoms with E-state index in [9.17, 15) is 13.2 Å². The average molecular weight is 410 g/mol. The fraction of sp³-hybridized carbons (Fsp3) is 0.294. The Labute approximate surface area is 163 Å². The maximum Gasteiger partial charge on any atom is 0.433 e. The molecule has 3 aromatic rings. The summed E-state index contributed by atoms with van der Waals surface area (Å²) in [6, 6.07) is 2.65. The van der Waals surface area contributed by atoms with Crippen molar-refractivity contribution in [2.45, 2.75) is 30.0 Å². The van der Waals surface area contributed by atoms with Gasteiger partial charge in [-0.1, -0.05) is 6.08 Å². The molecule has 0 atom stereocenters. The van der Waals surface area contributed by atoms with Gasteiger partial charge in [0.05, 0.1) is 11.8 Å². The fourth-order valence-electron chi connectivity index (χ4n) is 2.39. The monoisotopic (exact) mass is 410 g/mol. The summed E-state index contributed by atoms with van der Waals surface area (Å²) >= 11 is 0.902. The molecule has 11 heteroatoms. The lowest BCUT2D eigenvalue weighted by Gasteiger charge is -2.15. The Morgan fingerprint density at radius 3 is 2.61 bits per heavy atom. The predicted octanol–water partition coefficient (Wildman–Crippen LogP) is 4.06. The summed E-state index contributed by atoms with van der Waals surface area (Å²) in [4.78, 5) is 9.31. The van der Waals surface area contributed by atoms with Gasteiger partial charge >= 0.3 is 6.18 Å². The maximum absolute atomic E-state index is 13.2. The van der Waals surface area contributed by atoms with Crippen LogP contribution in [0.15, 0.2) is 45.8 Å². The van der Waals surface area contributed by atoms with Crippen LogP contribution >= 0.6 is 11.8 Å². The third-order valence-electron chi connectivity index (χ3n) is 3.75. The highest BCUT2D eigenvalue weighted by Gasteiger charge is 2.34. The SMILES string of the molecule is C=CCn1c(Sc2nc(N(C)C)cc(C(F)(F)F)n2)nnc1-c1ccoc1C. The van der Waals surface area contributed by atoms with E-state index in [1.807, 2.05) is 0 Å². The van der Waals surface area contributed by atoms with E-state index in [2.05, 4.69) is 26.7 Å². The van der Waals surface area contributed by atoms with E-state index < -0.39 is 11.9 Å². The Bertz CT molecular complexity index is 995. The van der Waals surface area contributed by atoms with Gasteiger partial charge in [-0.05, 0) is 24.8 Å². The number of anilines is 1. The van der Waals surface area contributed by atoms with Crippen LogP contribution in [0, 0.1) is 6.92 Å². The first-order valence-corrected chi connectivity index (χ1v) is 8.92. The number of allylic oxidation sites excluding steroid dienone is 1. The van der Waals surface area contributed by atoms with E-state index in [1.54, 1.807) is 37.7 Å². The number of hydrogen-bond donors (Lipinski definition) is 0. The van der Waals surface area contributed by atoms with Crippen molar-refractivity contribution < 1.29 is 17.6 Å². The third-order valence-corrected chi connectivity index (χ3v) is 4.60. The molecule has 7 nitrogen and oxygen atoms in total. The van der Waals surface area contributed by atoms with Crippen LogP contribution in [0.25, 0.3) is 11.4 Å². The van der Waals surface area contributed by atoms with Crippen molar-refractivity contribution in [3.63, 3.8) is 0 Å². The fourth-order valence-corrected chi connectivity index (χ4v) is 3.19. The summed E-state index contributed by atoms with van der Waals surface area (Å²) in [5.74, 6) is 1.32. The lowest BCUT2D eigenvalue weighted by molar-refractivity contribution is -0.141. The van der Waals surface area contributed by atoms with Crippen LogP contribution in [0.5, 0.6) is 0 Å². The van der Waals surface area contributed by atoms with Crippen molar-refractivity contribution in [3.8, 4) is 11.4 Å². The zero-order valence-electron chi connectivity index (χ0n) is 15.4. The Hall–Kier alpha value is -2.82. The molecule has 0 unspecified atom stereocenters. The Morgan fingerprint density at radius 2 is 2.04 bits per heavy atom. The molecule has 0 aromatic carbocycles. The molecule has 3 heterocycles. The van der Waals surface area contributed by atoms with E-state index in [4.69, 9.17) is 4.42 Å². The summed E-state index contributed by atoms with van der Waals surface area (Å²) in [5.41, 5.74) is -0.283. The molecule has 0 N–H and O–H groups in total. The van der Waals surface area contributed by atoms with Gasteiger partial charge < -0.3 is 9.32 Å². The summed E-state index contributed by atoms with van der Waals surface area (Å²) in [7, 11) is 3.22.